The molecule has 0 radical (unpaired) electrons. The molecule has 0 aromatic carbocycles. The first-order valence-corrected chi connectivity index (χ1v) is 11.5. The van der Waals surface area contributed by atoms with E-state index in [9.17, 15) is 19.6 Å². The Hall–Kier alpha value is -4.00. The normalized spacial score (nSPS) is 12.7. The number of aldehydes is 1. The molecule has 2 aromatic rings. The van der Waals surface area contributed by atoms with Crippen LogP contribution in [0, 0.1) is 17.2 Å². The van der Waals surface area contributed by atoms with Gasteiger partial charge in [0.15, 0.2) is 6.29 Å². The van der Waals surface area contributed by atoms with E-state index in [1.54, 1.807) is 11.9 Å². The second-order valence-corrected chi connectivity index (χ2v) is 9.01. The molecule has 35 heavy (non-hydrogen) atoms. The standard InChI is InChI=1S/C25H30N6O4/c1-15(2)24(33)30(5)13-18-9-17-7-6-8-31(23(17)28-20(18)14-32)25(34)29-22-10-21(35-16(3)4)19(11-26)12-27-22/h9-10,12,14-16H,6-8,13H2,1-5H3,(H,27,29,34). The minimum Gasteiger partial charge on any atom is -0.489 e. The molecule has 0 aliphatic carbocycles. The lowest BCUT2D eigenvalue weighted by Crippen LogP contribution is -2.40. The van der Waals surface area contributed by atoms with Gasteiger partial charge < -0.3 is 9.64 Å². The van der Waals surface area contributed by atoms with Gasteiger partial charge in [-0.15, -0.1) is 0 Å². The minimum absolute atomic E-state index is 0.0312. The number of ether oxygens (including phenoxy) is 1. The van der Waals surface area contributed by atoms with Crippen LogP contribution in [0.1, 0.15) is 61.3 Å². The largest absolute Gasteiger partial charge is 0.489 e. The van der Waals surface area contributed by atoms with Gasteiger partial charge in [0, 0.05) is 37.7 Å². The second-order valence-electron chi connectivity index (χ2n) is 9.01. The molecule has 10 nitrogen and oxygen atoms in total. The summed E-state index contributed by atoms with van der Waals surface area (Å²) in [7, 11) is 1.69. The van der Waals surface area contributed by atoms with Gasteiger partial charge in [0.05, 0.1) is 12.3 Å². The molecule has 184 valence electrons. The predicted molar refractivity (Wildman–Crippen MR) is 130 cm³/mol. The summed E-state index contributed by atoms with van der Waals surface area (Å²) in [4.78, 5) is 48.9. The number of amides is 3. The lowest BCUT2D eigenvalue weighted by molar-refractivity contribution is -0.133. The molecule has 1 N–H and O–H groups in total. The van der Waals surface area contributed by atoms with Gasteiger partial charge in [0.25, 0.3) is 0 Å². The molecule has 0 fully saturated rings. The van der Waals surface area contributed by atoms with Gasteiger partial charge in [-0.05, 0) is 38.3 Å². The smallest absolute Gasteiger partial charge is 0.328 e. The molecule has 3 amide bonds. The Kier molecular flexibility index (Phi) is 8.02. The highest BCUT2D eigenvalue weighted by Crippen LogP contribution is 2.29. The minimum atomic E-state index is -0.456. The highest BCUT2D eigenvalue weighted by Gasteiger charge is 2.27. The van der Waals surface area contributed by atoms with Gasteiger partial charge in [-0.2, -0.15) is 5.26 Å². The molecular weight excluding hydrogens is 448 g/mol. The van der Waals surface area contributed by atoms with E-state index in [4.69, 9.17) is 4.74 Å². The average Bonchev–Trinajstić information content (AvgIpc) is 2.82. The number of nitrogens with zero attached hydrogens (tertiary/aromatic N) is 5. The van der Waals surface area contributed by atoms with E-state index in [0.717, 1.165) is 5.56 Å². The van der Waals surface area contributed by atoms with E-state index in [0.29, 0.717) is 42.8 Å². The molecular formula is C25H30N6O4. The van der Waals surface area contributed by atoms with Gasteiger partial charge >= 0.3 is 6.03 Å². The summed E-state index contributed by atoms with van der Waals surface area (Å²) in [6.45, 7) is 7.99. The van der Waals surface area contributed by atoms with E-state index in [1.165, 1.54) is 17.2 Å². The van der Waals surface area contributed by atoms with Crippen molar-refractivity contribution in [1.29, 1.82) is 5.26 Å². The van der Waals surface area contributed by atoms with Crippen molar-refractivity contribution in [2.45, 2.75) is 53.2 Å². The molecule has 0 saturated heterocycles. The number of fused-ring (bicyclic) bond motifs is 1. The number of urea groups is 1. The van der Waals surface area contributed by atoms with Gasteiger partial charge in [-0.1, -0.05) is 13.8 Å². The fraction of sp³-hybridized carbons (Fsp3) is 0.440. The molecule has 0 unspecified atom stereocenters. The van der Waals surface area contributed by atoms with Crippen LogP contribution in [-0.4, -0.2) is 52.8 Å². The van der Waals surface area contributed by atoms with Crippen LogP contribution in [-0.2, 0) is 17.8 Å². The second kappa shape index (κ2) is 11.0. The van der Waals surface area contributed by atoms with Crippen molar-refractivity contribution in [2.75, 3.05) is 23.8 Å². The number of carbonyl (C=O) groups excluding carboxylic acids is 3. The Morgan fingerprint density at radius 2 is 2.06 bits per heavy atom. The maximum absolute atomic E-state index is 13.1. The highest BCUT2D eigenvalue weighted by atomic mass is 16.5. The van der Waals surface area contributed by atoms with Crippen LogP contribution in [0.2, 0.25) is 0 Å². The van der Waals surface area contributed by atoms with Crippen molar-refractivity contribution in [3.05, 3.63) is 40.7 Å². The zero-order chi connectivity index (χ0) is 25.7. The number of hydrogen-bond acceptors (Lipinski definition) is 7. The summed E-state index contributed by atoms with van der Waals surface area (Å²) in [5, 5.41) is 12.0. The summed E-state index contributed by atoms with van der Waals surface area (Å²) >= 11 is 0. The lowest BCUT2D eigenvalue weighted by Gasteiger charge is -2.29. The maximum Gasteiger partial charge on any atom is 0.328 e. The van der Waals surface area contributed by atoms with Crippen LogP contribution in [0.3, 0.4) is 0 Å². The van der Waals surface area contributed by atoms with E-state index < -0.39 is 6.03 Å². The number of rotatable bonds is 7. The monoisotopic (exact) mass is 478 g/mol. The highest BCUT2D eigenvalue weighted by molar-refractivity contribution is 6.01. The zero-order valence-corrected chi connectivity index (χ0v) is 20.7. The fourth-order valence-corrected chi connectivity index (χ4v) is 3.88. The molecule has 0 saturated carbocycles. The van der Waals surface area contributed by atoms with Crippen molar-refractivity contribution in [2.24, 2.45) is 5.92 Å². The summed E-state index contributed by atoms with van der Waals surface area (Å²) in [6.07, 6.45) is 3.25. The van der Waals surface area contributed by atoms with E-state index in [2.05, 4.69) is 15.3 Å². The summed E-state index contributed by atoms with van der Waals surface area (Å²) in [6, 6.07) is 4.93. The summed E-state index contributed by atoms with van der Waals surface area (Å²) < 4.78 is 5.66. The number of nitriles is 1. The lowest BCUT2D eigenvalue weighted by atomic mass is 10.0. The van der Waals surface area contributed by atoms with Gasteiger partial charge in [-0.25, -0.2) is 14.8 Å². The van der Waals surface area contributed by atoms with Crippen LogP contribution >= 0.6 is 0 Å². The Labute approximate surface area is 204 Å². The van der Waals surface area contributed by atoms with E-state index in [-0.39, 0.29) is 41.5 Å². The first-order chi connectivity index (χ1) is 16.6. The van der Waals surface area contributed by atoms with Gasteiger partial charge in [0.1, 0.15) is 34.7 Å². The van der Waals surface area contributed by atoms with Crippen LogP contribution < -0.4 is 15.0 Å². The molecule has 3 rings (SSSR count). The SMILES string of the molecule is CC(C)Oc1cc(NC(=O)N2CCCc3cc(CN(C)C(=O)C(C)C)c(C=O)nc32)ncc1C#N. The number of anilines is 2. The third kappa shape index (κ3) is 5.93. The molecule has 0 bridgehead atoms. The number of nitrogens with one attached hydrogen (secondary N) is 1. The number of carbonyl (C=O) groups is 3. The maximum atomic E-state index is 13.1. The van der Waals surface area contributed by atoms with Crippen LogP contribution in [0.4, 0.5) is 16.4 Å². The van der Waals surface area contributed by atoms with Crippen molar-refractivity contribution < 1.29 is 19.1 Å². The predicted octanol–water partition coefficient (Wildman–Crippen LogP) is 3.55. The van der Waals surface area contributed by atoms with Crippen LogP contribution in [0.5, 0.6) is 5.75 Å². The zero-order valence-electron chi connectivity index (χ0n) is 20.7. The molecule has 2 aromatic heterocycles. The Morgan fingerprint density at radius 1 is 1.31 bits per heavy atom. The molecule has 1 aliphatic heterocycles. The van der Waals surface area contributed by atoms with Crippen molar-refractivity contribution >= 4 is 29.9 Å². The number of aryl methyl sites for hydroxylation is 1. The summed E-state index contributed by atoms with van der Waals surface area (Å²) in [5.41, 5.74) is 1.93. The quantitative estimate of drug-likeness (QED) is 0.603. The first kappa shape index (κ1) is 25.6. The van der Waals surface area contributed by atoms with E-state index >= 15 is 0 Å². The molecule has 0 spiro atoms. The fourth-order valence-electron chi connectivity index (χ4n) is 3.88. The van der Waals surface area contributed by atoms with Crippen LogP contribution in [0.15, 0.2) is 18.3 Å². The number of hydrogen-bond donors (Lipinski definition) is 1. The average molecular weight is 479 g/mol. The van der Waals surface area contributed by atoms with Crippen molar-refractivity contribution in [3.63, 3.8) is 0 Å². The van der Waals surface area contributed by atoms with Gasteiger partial charge in [0.2, 0.25) is 5.91 Å². The van der Waals surface area contributed by atoms with Crippen LogP contribution in [0.25, 0.3) is 0 Å². The summed E-state index contributed by atoms with van der Waals surface area (Å²) in [5.74, 6) is 0.781. The third-order valence-electron chi connectivity index (χ3n) is 5.49. The molecule has 10 heteroatoms. The van der Waals surface area contributed by atoms with E-state index in [1.807, 2.05) is 39.8 Å². The van der Waals surface area contributed by atoms with Crippen molar-refractivity contribution in [1.82, 2.24) is 14.9 Å². The Bertz CT molecular complexity index is 1170. The van der Waals surface area contributed by atoms with Crippen molar-refractivity contribution in [3.8, 4) is 11.8 Å². The third-order valence-corrected chi connectivity index (χ3v) is 5.49. The topological polar surface area (TPSA) is 129 Å². The Morgan fingerprint density at radius 3 is 2.69 bits per heavy atom. The molecule has 1 aliphatic rings. The number of pyridine rings is 2. The molecule has 3 heterocycles. The Balaban J connectivity index is 1.86. The number of aromatic nitrogens is 2. The van der Waals surface area contributed by atoms with Gasteiger partial charge in [-0.3, -0.25) is 19.8 Å². The first-order valence-electron chi connectivity index (χ1n) is 11.5. The molecule has 0 atom stereocenters.